The Bertz CT molecular complexity index is 954. The summed E-state index contributed by atoms with van der Waals surface area (Å²) in [5.74, 6) is -0.476. The minimum atomic E-state index is -0.367. The third-order valence-corrected chi connectivity index (χ3v) is 4.42. The number of benzene rings is 2. The van der Waals surface area contributed by atoms with Crippen molar-refractivity contribution < 1.29 is 14.3 Å². The molecule has 0 saturated carbocycles. The molecule has 3 aromatic rings. The van der Waals surface area contributed by atoms with Gasteiger partial charge in [-0.25, -0.2) is 0 Å². The summed E-state index contributed by atoms with van der Waals surface area (Å²) in [6, 6.07) is 19.6. The molecule has 138 valence electrons. The second-order valence-electron chi connectivity index (χ2n) is 6.35. The van der Waals surface area contributed by atoms with Crippen LogP contribution >= 0.6 is 0 Å². The van der Waals surface area contributed by atoms with Crippen LogP contribution in [0.4, 0.5) is 0 Å². The molecule has 0 spiro atoms. The molecule has 1 heterocycles. The van der Waals surface area contributed by atoms with Crippen LogP contribution in [0.1, 0.15) is 31.5 Å². The smallest absolute Gasteiger partial charge is 0.305 e. The summed E-state index contributed by atoms with van der Waals surface area (Å²) in [6.07, 6.45) is 0.627. The van der Waals surface area contributed by atoms with Gasteiger partial charge in [-0.3, -0.25) is 14.6 Å². The van der Waals surface area contributed by atoms with Gasteiger partial charge in [0.1, 0.15) is 0 Å². The first-order valence-electron chi connectivity index (χ1n) is 8.87. The molecule has 0 saturated heterocycles. The fourth-order valence-corrected chi connectivity index (χ4v) is 3.13. The molecule has 1 atom stereocenters. The number of carbonyl (C=O) groups excluding carboxylic acids is 2. The number of pyridine rings is 1. The predicted octanol–water partition coefficient (Wildman–Crippen LogP) is 4.03. The molecule has 1 aromatic heterocycles. The highest BCUT2D eigenvalue weighted by Gasteiger charge is 2.19. The minimum absolute atomic E-state index is 0.166. The van der Waals surface area contributed by atoms with Crippen LogP contribution in [0, 0.1) is 0 Å². The van der Waals surface area contributed by atoms with Gasteiger partial charge in [-0.15, -0.1) is 0 Å². The molecule has 0 aliphatic heterocycles. The van der Waals surface area contributed by atoms with Crippen molar-refractivity contribution in [3.05, 3.63) is 66.4 Å². The molecule has 0 unspecified atom stereocenters. The molecular formula is C22H22N2O3. The second-order valence-corrected chi connectivity index (χ2v) is 6.35. The van der Waals surface area contributed by atoms with Gasteiger partial charge in [-0.1, -0.05) is 48.5 Å². The van der Waals surface area contributed by atoms with E-state index < -0.39 is 0 Å². The number of para-hydroxylation sites is 1. The fraction of sp³-hybridized carbons (Fsp3) is 0.227. The molecule has 0 aliphatic rings. The highest BCUT2D eigenvalue weighted by Crippen LogP contribution is 2.31. The van der Waals surface area contributed by atoms with E-state index in [1.807, 2.05) is 60.7 Å². The summed E-state index contributed by atoms with van der Waals surface area (Å²) in [5, 5.41) is 3.95. The number of amides is 1. The van der Waals surface area contributed by atoms with E-state index in [2.05, 4.69) is 5.32 Å². The quantitative estimate of drug-likeness (QED) is 0.672. The van der Waals surface area contributed by atoms with Crippen molar-refractivity contribution in [2.24, 2.45) is 0 Å². The van der Waals surface area contributed by atoms with E-state index in [9.17, 15) is 9.59 Å². The van der Waals surface area contributed by atoms with Crippen LogP contribution in [0.5, 0.6) is 0 Å². The van der Waals surface area contributed by atoms with Crippen LogP contribution in [-0.2, 0) is 14.3 Å². The van der Waals surface area contributed by atoms with Gasteiger partial charge in [-0.05, 0) is 29.7 Å². The fourth-order valence-electron chi connectivity index (χ4n) is 3.13. The Morgan fingerprint density at radius 1 is 1.07 bits per heavy atom. The maximum atomic E-state index is 11.7. The lowest BCUT2D eigenvalue weighted by molar-refractivity contribution is -0.141. The number of hydrogen-bond acceptors (Lipinski definition) is 4. The number of hydrogen-bond donors (Lipinski definition) is 1. The van der Waals surface area contributed by atoms with Gasteiger partial charge in [0.25, 0.3) is 0 Å². The van der Waals surface area contributed by atoms with Crippen LogP contribution in [0.15, 0.2) is 60.7 Å². The summed E-state index contributed by atoms with van der Waals surface area (Å²) < 4.78 is 4.73. The largest absolute Gasteiger partial charge is 0.469 e. The van der Waals surface area contributed by atoms with E-state index in [4.69, 9.17) is 9.72 Å². The molecule has 1 amide bonds. The number of methoxy groups -OCH3 is 1. The molecule has 0 radical (unpaired) electrons. The van der Waals surface area contributed by atoms with Crippen molar-refractivity contribution in [3.8, 4) is 11.1 Å². The number of carbonyl (C=O) groups is 2. The summed E-state index contributed by atoms with van der Waals surface area (Å²) in [4.78, 5) is 28.0. The van der Waals surface area contributed by atoms with Gasteiger partial charge in [0.15, 0.2) is 0 Å². The zero-order valence-corrected chi connectivity index (χ0v) is 15.4. The van der Waals surface area contributed by atoms with Crippen LogP contribution < -0.4 is 5.32 Å². The molecule has 2 aromatic carbocycles. The van der Waals surface area contributed by atoms with Gasteiger partial charge in [0.05, 0.1) is 24.4 Å². The average Bonchev–Trinajstić information content (AvgIpc) is 2.70. The maximum absolute atomic E-state index is 11.7. The Balaban J connectivity index is 2.08. The monoisotopic (exact) mass is 362 g/mol. The van der Waals surface area contributed by atoms with E-state index in [0.717, 1.165) is 27.7 Å². The predicted molar refractivity (Wildman–Crippen MR) is 105 cm³/mol. The van der Waals surface area contributed by atoms with E-state index in [-0.39, 0.29) is 24.3 Å². The highest BCUT2D eigenvalue weighted by molar-refractivity contribution is 5.94. The van der Waals surface area contributed by atoms with Gasteiger partial charge < -0.3 is 10.1 Å². The number of esters is 1. The van der Waals surface area contributed by atoms with Gasteiger partial charge in [0, 0.05) is 18.7 Å². The first-order valence-corrected chi connectivity index (χ1v) is 8.87. The van der Waals surface area contributed by atoms with Crippen molar-refractivity contribution >= 4 is 22.8 Å². The molecule has 5 heteroatoms. The molecule has 3 rings (SSSR count). The number of ether oxygens (including phenoxy) is 1. The van der Waals surface area contributed by atoms with Crippen molar-refractivity contribution in [1.82, 2.24) is 10.3 Å². The summed E-state index contributed by atoms with van der Waals surface area (Å²) in [7, 11) is 1.36. The van der Waals surface area contributed by atoms with Crippen LogP contribution in [0.3, 0.4) is 0 Å². The standard InChI is InChI=1S/C22H22N2O3/c1-15(25)23-20(12-13-22(26)27-2)21-14-18(16-8-4-3-5-9-16)17-10-6-7-11-19(17)24-21/h3-11,14,20H,12-13H2,1-2H3,(H,23,25)/t20-/m0/s1. The molecule has 0 fully saturated rings. The lowest BCUT2D eigenvalue weighted by atomic mass is 9.97. The van der Waals surface area contributed by atoms with Crippen molar-refractivity contribution in [1.29, 1.82) is 0 Å². The van der Waals surface area contributed by atoms with Crippen LogP contribution in [0.25, 0.3) is 22.0 Å². The van der Waals surface area contributed by atoms with Gasteiger partial charge in [-0.2, -0.15) is 0 Å². The molecule has 0 bridgehead atoms. The van der Waals surface area contributed by atoms with E-state index in [1.54, 1.807) is 0 Å². The molecular weight excluding hydrogens is 340 g/mol. The van der Waals surface area contributed by atoms with Gasteiger partial charge >= 0.3 is 5.97 Å². The van der Waals surface area contributed by atoms with E-state index in [0.29, 0.717) is 6.42 Å². The number of nitrogens with zero attached hydrogens (tertiary/aromatic N) is 1. The Morgan fingerprint density at radius 2 is 1.78 bits per heavy atom. The number of rotatable bonds is 6. The summed E-state index contributed by atoms with van der Waals surface area (Å²) in [5.41, 5.74) is 3.70. The zero-order chi connectivity index (χ0) is 19.2. The third-order valence-electron chi connectivity index (χ3n) is 4.42. The summed E-state index contributed by atoms with van der Waals surface area (Å²) in [6.45, 7) is 1.46. The Morgan fingerprint density at radius 3 is 2.48 bits per heavy atom. The van der Waals surface area contributed by atoms with Crippen LogP contribution in [-0.4, -0.2) is 24.0 Å². The Labute approximate surface area is 158 Å². The molecule has 27 heavy (non-hydrogen) atoms. The molecule has 0 aliphatic carbocycles. The zero-order valence-electron chi connectivity index (χ0n) is 15.4. The van der Waals surface area contributed by atoms with E-state index in [1.165, 1.54) is 14.0 Å². The summed E-state index contributed by atoms with van der Waals surface area (Å²) >= 11 is 0. The van der Waals surface area contributed by atoms with Crippen molar-refractivity contribution in [2.45, 2.75) is 25.8 Å². The lowest BCUT2D eigenvalue weighted by Crippen LogP contribution is -2.27. The maximum Gasteiger partial charge on any atom is 0.305 e. The molecule has 5 nitrogen and oxygen atoms in total. The Kier molecular flexibility index (Phi) is 5.81. The topological polar surface area (TPSA) is 68.3 Å². The van der Waals surface area contributed by atoms with Gasteiger partial charge in [0.2, 0.25) is 5.91 Å². The van der Waals surface area contributed by atoms with Crippen molar-refractivity contribution in [2.75, 3.05) is 7.11 Å². The number of fused-ring (bicyclic) bond motifs is 1. The third kappa shape index (κ3) is 4.50. The number of aromatic nitrogens is 1. The number of nitrogens with one attached hydrogen (secondary N) is 1. The first-order chi connectivity index (χ1) is 13.1. The Hall–Kier alpha value is -3.21. The highest BCUT2D eigenvalue weighted by atomic mass is 16.5. The SMILES string of the molecule is COC(=O)CC[C@H](NC(C)=O)c1cc(-c2ccccc2)c2ccccc2n1. The second kappa shape index (κ2) is 8.45. The minimum Gasteiger partial charge on any atom is -0.469 e. The van der Waals surface area contributed by atoms with Crippen LogP contribution in [0.2, 0.25) is 0 Å². The first kappa shape index (κ1) is 18.6. The van der Waals surface area contributed by atoms with E-state index >= 15 is 0 Å². The lowest BCUT2D eigenvalue weighted by Gasteiger charge is -2.19. The average molecular weight is 362 g/mol. The molecule has 1 N–H and O–H groups in total. The normalized spacial score (nSPS) is 11.8. The van der Waals surface area contributed by atoms with Crippen molar-refractivity contribution in [3.63, 3.8) is 0 Å².